The quantitative estimate of drug-likeness (QED) is 0.426. The van der Waals surface area contributed by atoms with Crippen LogP contribution in [0.25, 0.3) is 0 Å². The van der Waals surface area contributed by atoms with E-state index in [2.05, 4.69) is 0 Å². The Kier molecular flexibility index (Phi) is 17.0. The van der Waals surface area contributed by atoms with Gasteiger partial charge in [0, 0.05) is 35.0 Å². The lowest BCUT2D eigenvalue weighted by Gasteiger charge is -2.19. The normalized spacial score (nSPS) is 14.5. The van der Waals surface area contributed by atoms with Gasteiger partial charge in [0.2, 0.25) is 0 Å². The van der Waals surface area contributed by atoms with E-state index in [0.29, 0.717) is 36.7 Å². The van der Waals surface area contributed by atoms with E-state index >= 15 is 0 Å². The van der Waals surface area contributed by atoms with Crippen LogP contribution in [-0.4, -0.2) is 60.4 Å². The molecule has 2 nitrogen and oxygen atoms in total. The molecule has 2 unspecified atom stereocenters. The van der Waals surface area contributed by atoms with Crippen LogP contribution in [0.15, 0.2) is 0 Å². The Balaban J connectivity index is 3.83. The highest BCUT2D eigenvalue weighted by Gasteiger charge is 2.12. The summed E-state index contributed by atoms with van der Waals surface area (Å²) in [5.41, 5.74) is 0. The Morgan fingerprint density at radius 1 is 0.684 bits per heavy atom. The zero-order valence-electron chi connectivity index (χ0n) is 11.0. The van der Waals surface area contributed by atoms with Gasteiger partial charge in [-0.25, -0.2) is 0 Å². The topological polar surface area (TPSA) is 18.5 Å². The molecule has 116 valence electrons. The van der Waals surface area contributed by atoms with Crippen LogP contribution in [0, 0.1) is 0 Å². The zero-order chi connectivity index (χ0) is 14.3. The third-order valence-electron chi connectivity index (χ3n) is 2.33. The third kappa shape index (κ3) is 12.9. The van der Waals surface area contributed by atoms with Crippen molar-refractivity contribution in [3.05, 3.63) is 0 Å². The van der Waals surface area contributed by atoms with Crippen molar-refractivity contribution in [1.29, 1.82) is 0 Å². The summed E-state index contributed by atoms with van der Waals surface area (Å²) < 4.78 is 11.3. The first-order chi connectivity index (χ1) is 9.28. The molecule has 7 heteroatoms. The van der Waals surface area contributed by atoms with Crippen molar-refractivity contribution in [3.63, 3.8) is 0 Å². The van der Waals surface area contributed by atoms with Gasteiger partial charge in [0.1, 0.15) is 0 Å². The summed E-state index contributed by atoms with van der Waals surface area (Å²) in [5.74, 6) is 4.01. The number of thioether (sulfide) groups is 1. The maximum Gasteiger partial charge on any atom is 0.0677 e. The highest BCUT2D eigenvalue weighted by Crippen LogP contribution is 2.15. The van der Waals surface area contributed by atoms with Crippen molar-refractivity contribution in [2.75, 3.05) is 48.2 Å². The molecular weight excluding hydrogens is 350 g/mol. The largest absolute Gasteiger partial charge is 0.376 e. The van der Waals surface area contributed by atoms with E-state index in [1.54, 1.807) is 11.8 Å². The van der Waals surface area contributed by atoms with Crippen LogP contribution in [0.2, 0.25) is 0 Å². The Bertz CT molecular complexity index is 171. The molecule has 0 spiro atoms. The van der Waals surface area contributed by atoms with Crippen molar-refractivity contribution in [3.8, 4) is 0 Å². The van der Waals surface area contributed by atoms with Gasteiger partial charge in [0.25, 0.3) is 0 Å². The van der Waals surface area contributed by atoms with E-state index in [0.717, 1.165) is 24.3 Å². The van der Waals surface area contributed by atoms with Gasteiger partial charge in [-0.05, 0) is 12.8 Å². The highest BCUT2D eigenvalue weighted by atomic mass is 35.5. The first-order valence-corrected chi connectivity index (χ1v) is 9.62. The summed E-state index contributed by atoms with van der Waals surface area (Å²) in [4.78, 5) is 0. The Morgan fingerprint density at radius 3 is 1.42 bits per heavy atom. The molecule has 0 aliphatic rings. The first-order valence-electron chi connectivity index (χ1n) is 6.33. The van der Waals surface area contributed by atoms with Crippen molar-refractivity contribution < 1.29 is 9.47 Å². The van der Waals surface area contributed by atoms with Crippen LogP contribution in [-0.2, 0) is 9.47 Å². The van der Waals surface area contributed by atoms with E-state index in [1.807, 2.05) is 0 Å². The van der Waals surface area contributed by atoms with Gasteiger partial charge in [-0.3, -0.25) is 0 Å². The molecule has 0 amide bonds. The molecule has 0 aromatic rings. The maximum atomic E-state index is 5.76. The van der Waals surface area contributed by atoms with E-state index in [-0.39, 0.29) is 12.2 Å². The van der Waals surface area contributed by atoms with Crippen LogP contribution in [0.5, 0.6) is 0 Å². The van der Waals surface area contributed by atoms with Crippen molar-refractivity contribution in [1.82, 2.24) is 0 Å². The van der Waals surface area contributed by atoms with Crippen LogP contribution in [0.1, 0.15) is 12.8 Å². The lowest BCUT2D eigenvalue weighted by molar-refractivity contribution is 0.0756. The van der Waals surface area contributed by atoms with Gasteiger partial charge in [-0.1, -0.05) is 0 Å². The van der Waals surface area contributed by atoms with Gasteiger partial charge >= 0.3 is 0 Å². The van der Waals surface area contributed by atoms with Crippen LogP contribution < -0.4 is 0 Å². The molecule has 0 fully saturated rings. The molecule has 0 bridgehead atoms. The number of rotatable bonds is 14. The minimum Gasteiger partial charge on any atom is -0.376 e. The van der Waals surface area contributed by atoms with Crippen molar-refractivity contribution >= 4 is 58.2 Å². The summed E-state index contributed by atoms with van der Waals surface area (Å²) in [7, 11) is 0. The SMILES string of the molecule is ClCCOC(CCCl)CSCC(CCCl)OCCCl. The molecule has 0 saturated carbocycles. The van der Waals surface area contributed by atoms with Gasteiger partial charge < -0.3 is 9.47 Å². The van der Waals surface area contributed by atoms with Gasteiger partial charge in [-0.2, -0.15) is 11.8 Å². The van der Waals surface area contributed by atoms with Crippen LogP contribution in [0.3, 0.4) is 0 Å². The van der Waals surface area contributed by atoms with Gasteiger partial charge in [0.15, 0.2) is 0 Å². The standard InChI is InChI=1S/C12H22Cl4O2S/c13-3-1-11(17-7-5-15)9-19-10-12(2-4-14)18-8-6-16/h11-12H,1-10H2. The number of halogens is 4. The molecule has 0 N–H and O–H groups in total. The predicted octanol–water partition coefficient (Wildman–Crippen LogP) is 4.23. The average Bonchev–Trinajstić information content (AvgIpc) is 2.42. The van der Waals surface area contributed by atoms with Gasteiger partial charge in [-0.15, -0.1) is 46.4 Å². The molecule has 0 aliphatic carbocycles. The van der Waals surface area contributed by atoms with E-state index in [1.165, 1.54) is 0 Å². The number of hydrogen-bond donors (Lipinski definition) is 0. The fourth-order valence-electron chi connectivity index (χ4n) is 1.43. The van der Waals surface area contributed by atoms with Crippen molar-refractivity contribution in [2.24, 2.45) is 0 Å². The van der Waals surface area contributed by atoms with Crippen molar-refractivity contribution in [2.45, 2.75) is 25.0 Å². The molecule has 0 aromatic carbocycles. The van der Waals surface area contributed by atoms with E-state index in [4.69, 9.17) is 55.9 Å². The van der Waals surface area contributed by atoms with E-state index in [9.17, 15) is 0 Å². The van der Waals surface area contributed by atoms with E-state index < -0.39 is 0 Å². The van der Waals surface area contributed by atoms with Crippen LogP contribution >= 0.6 is 58.2 Å². The monoisotopic (exact) mass is 370 g/mol. The first kappa shape index (κ1) is 20.4. The lowest BCUT2D eigenvalue weighted by Crippen LogP contribution is -2.22. The molecule has 0 rings (SSSR count). The smallest absolute Gasteiger partial charge is 0.0677 e. The molecule has 0 aliphatic heterocycles. The maximum absolute atomic E-state index is 5.76. The highest BCUT2D eigenvalue weighted by molar-refractivity contribution is 7.99. The summed E-state index contributed by atoms with van der Waals surface area (Å²) in [6, 6.07) is 0. The molecule has 19 heavy (non-hydrogen) atoms. The molecule has 2 atom stereocenters. The minimum absolute atomic E-state index is 0.158. The number of alkyl halides is 4. The number of hydrogen-bond acceptors (Lipinski definition) is 3. The second kappa shape index (κ2) is 15.8. The summed E-state index contributed by atoms with van der Waals surface area (Å²) >= 11 is 24.5. The zero-order valence-corrected chi connectivity index (χ0v) is 14.8. The second-order valence-corrected chi connectivity index (χ2v) is 6.44. The predicted molar refractivity (Wildman–Crippen MR) is 88.9 cm³/mol. The summed E-state index contributed by atoms with van der Waals surface area (Å²) in [5, 5.41) is 0. The van der Waals surface area contributed by atoms with Crippen LogP contribution in [0.4, 0.5) is 0 Å². The average molecular weight is 372 g/mol. The Morgan fingerprint density at radius 2 is 1.11 bits per heavy atom. The lowest BCUT2D eigenvalue weighted by atomic mass is 10.3. The summed E-state index contributed by atoms with van der Waals surface area (Å²) in [6.07, 6.45) is 2.00. The van der Waals surface area contributed by atoms with Gasteiger partial charge in [0.05, 0.1) is 25.4 Å². The molecule has 0 aromatic heterocycles. The fourth-order valence-corrected chi connectivity index (χ4v) is 3.28. The Hall–Kier alpha value is 1.43. The molecule has 0 radical (unpaired) electrons. The minimum atomic E-state index is 0.158. The summed E-state index contributed by atoms with van der Waals surface area (Å²) in [6.45, 7) is 1.13. The Labute approximate surface area is 140 Å². The molecule has 0 heterocycles. The fraction of sp³-hybridized carbons (Fsp3) is 1.00. The number of ether oxygens (including phenoxy) is 2. The molecular formula is C12H22Cl4O2S. The second-order valence-electron chi connectivity index (χ2n) is 3.86. The third-order valence-corrected chi connectivity index (χ3v) is 4.29. The molecule has 0 saturated heterocycles.